The number of carbonyl (C=O) groups excluding carboxylic acids is 1. The van der Waals surface area contributed by atoms with Crippen molar-refractivity contribution >= 4 is 5.91 Å². The zero-order valence-electron chi connectivity index (χ0n) is 20.8. The van der Waals surface area contributed by atoms with Crippen molar-refractivity contribution in [2.75, 3.05) is 33.2 Å². The van der Waals surface area contributed by atoms with Crippen LogP contribution in [0, 0.1) is 16.2 Å². The number of nitrogens with one attached hydrogen (secondary N) is 2. The summed E-state index contributed by atoms with van der Waals surface area (Å²) in [5, 5.41) is 6.83. The minimum Gasteiger partial charge on any atom is -0.351 e. The third-order valence-corrected chi connectivity index (χ3v) is 4.52. The summed E-state index contributed by atoms with van der Waals surface area (Å²) >= 11 is 0. The predicted octanol–water partition coefficient (Wildman–Crippen LogP) is 5.08. The Morgan fingerprint density at radius 1 is 0.857 bits per heavy atom. The molecule has 0 rings (SSSR count). The van der Waals surface area contributed by atoms with Crippen LogP contribution in [-0.4, -0.2) is 50.1 Å². The van der Waals surface area contributed by atoms with Gasteiger partial charge in [-0.15, -0.1) is 0 Å². The van der Waals surface area contributed by atoms with E-state index in [-0.39, 0.29) is 22.8 Å². The normalized spacial score (nSPS) is 14.4. The van der Waals surface area contributed by atoms with E-state index in [0.29, 0.717) is 11.8 Å². The van der Waals surface area contributed by atoms with Crippen molar-refractivity contribution in [2.45, 2.75) is 100 Å². The average Bonchev–Trinajstić information content (AvgIpc) is 2.41. The molecule has 0 fully saturated rings. The van der Waals surface area contributed by atoms with Gasteiger partial charge < -0.3 is 15.5 Å². The van der Waals surface area contributed by atoms with Crippen molar-refractivity contribution in [3.8, 4) is 0 Å². The summed E-state index contributed by atoms with van der Waals surface area (Å²) in [7, 11) is 2.15. The Balaban J connectivity index is 4.45. The second-order valence-corrected chi connectivity index (χ2v) is 12.3. The first-order chi connectivity index (χ1) is 12.6. The first kappa shape index (κ1) is 27.4. The molecule has 0 saturated heterocycles. The van der Waals surface area contributed by atoms with Crippen LogP contribution in [0.2, 0.25) is 0 Å². The molecule has 168 valence electrons. The molecule has 4 nitrogen and oxygen atoms in total. The van der Waals surface area contributed by atoms with E-state index in [1.54, 1.807) is 0 Å². The van der Waals surface area contributed by atoms with Gasteiger partial charge in [0.25, 0.3) is 0 Å². The minimum absolute atomic E-state index is 0.150. The lowest BCUT2D eigenvalue weighted by molar-refractivity contribution is -0.122. The first-order valence-corrected chi connectivity index (χ1v) is 11.3. The number of likely N-dealkylation sites (N-methyl/N-ethyl adjacent to an activating group) is 1. The molecule has 0 heterocycles. The van der Waals surface area contributed by atoms with E-state index in [1.807, 2.05) is 0 Å². The van der Waals surface area contributed by atoms with Gasteiger partial charge in [0.05, 0.1) is 6.04 Å². The summed E-state index contributed by atoms with van der Waals surface area (Å²) in [6.45, 7) is 24.0. The summed E-state index contributed by atoms with van der Waals surface area (Å²) in [6, 6.07) is 0.150. The molecule has 0 aromatic rings. The number of unbranched alkanes of at least 4 members (excludes halogenated alkanes) is 2. The van der Waals surface area contributed by atoms with Gasteiger partial charge >= 0.3 is 0 Å². The maximum atomic E-state index is 12.5. The van der Waals surface area contributed by atoms with Gasteiger partial charge in [-0.2, -0.15) is 0 Å². The van der Waals surface area contributed by atoms with Crippen molar-refractivity contribution in [1.29, 1.82) is 0 Å². The Morgan fingerprint density at radius 3 is 1.96 bits per heavy atom. The standard InChI is InChI=1S/C24H51N3O/c1-22(2,3)15-13-11-12-14-21(28)26-20(16-25-18-23(4,5)6)17-27(10)19-24(7,8)9/h20,25H,11-19H2,1-10H3,(H,26,28). The molecule has 0 spiro atoms. The van der Waals surface area contributed by atoms with Crippen LogP contribution in [0.25, 0.3) is 0 Å². The minimum atomic E-state index is 0.150. The van der Waals surface area contributed by atoms with Crippen molar-refractivity contribution in [3.05, 3.63) is 0 Å². The maximum absolute atomic E-state index is 12.5. The Labute approximate surface area is 176 Å². The van der Waals surface area contributed by atoms with Crippen LogP contribution in [0.4, 0.5) is 0 Å². The van der Waals surface area contributed by atoms with Gasteiger partial charge in [0.2, 0.25) is 5.91 Å². The predicted molar refractivity (Wildman–Crippen MR) is 124 cm³/mol. The first-order valence-electron chi connectivity index (χ1n) is 11.3. The van der Waals surface area contributed by atoms with Crippen LogP contribution in [0.15, 0.2) is 0 Å². The second kappa shape index (κ2) is 12.2. The van der Waals surface area contributed by atoms with Crippen LogP contribution >= 0.6 is 0 Å². The highest BCUT2D eigenvalue weighted by atomic mass is 16.1. The molecule has 0 bridgehead atoms. The number of carbonyl (C=O) groups is 1. The Bertz CT molecular complexity index is 427. The number of amides is 1. The number of rotatable bonds is 12. The molecule has 1 atom stereocenters. The van der Waals surface area contributed by atoms with Gasteiger partial charge in [0, 0.05) is 32.6 Å². The maximum Gasteiger partial charge on any atom is 0.220 e. The highest BCUT2D eigenvalue weighted by molar-refractivity contribution is 5.76. The van der Waals surface area contributed by atoms with Gasteiger partial charge in [0.1, 0.15) is 0 Å². The molecule has 28 heavy (non-hydrogen) atoms. The van der Waals surface area contributed by atoms with Crippen molar-refractivity contribution in [3.63, 3.8) is 0 Å². The Morgan fingerprint density at radius 2 is 1.46 bits per heavy atom. The summed E-state index contributed by atoms with van der Waals surface area (Å²) in [4.78, 5) is 14.8. The molecule has 1 unspecified atom stereocenters. The molecule has 0 aliphatic carbocycles. The van der Waals surface area contributed by atoms with Crippen LogP contribution in [-0.2, 0) is 4.79 Å². The van der Waals surface area contributed by atoms with Crippen molar-refractivity contribution in [1.82, 2.24) is 15.5 Å². The van der Waals surface area contributed by atoms with E-state index in [0.717, 1.165) is 39.0 Å². The Hall–Kier alpha value is -0.610. The van der Waals surface area contributed by atoms with E-state index in [9.17, 15) is 4.79 Å². The molecule has 0 aromatic heterocycles. The van der Waals surface area contributed by atoms with Gasteiger partial charge in [-0.25, -0.2) is 0 Å². The fourth-order valence-corrected chi connectivity index (χ4v) is 3.45. The smallest absolute Gasteiger partial charge is 0.220 e. The molecule has 0 saturated carbocycles. The van der Waals surface area contributed by atoms with Gasteiger partial charge in [-0.05, 0) is 36.1 Å². The highest BCUT2D eigenvalue weighted by Gasteiger charge is 2.19. The number of hydrogen-bond acceptors (Lipinski definition) is 3. The van der Waals surface area contributed by atoms with Crippen molar-refractivity contribution in [2.24, 2.45) is 16.2 Å². The highest BCUT2D eigenvalue weighted by Crippen LogP contribution is 2.22. The lowest BCUT2D eigenvalue weighted by Gasteiger charge is -2.31. The fourth-order valence-electron chi connectivity index (χ4n) is 3.45. The summed E-state index contributed by atoms with van der Waals surface area (Å²) < 4.78 is 0. The van der Waals surface area contributed by atoms with E-state index < -0.39 is 0 Å². The molecule has 0 aliphatic heterocycles. The molecular formula is C24H51N3O. The third kappa shape index (κ3) is 18.7. The SMILES string of the molecule is CN(CC(CNCC(C)(C)C)NC(=O)CCCCCC(C)(C)C)CC(C)(C)C. The number of nitrogens with zero attached hydrogens (tertiary/aromatic N) is 1. The summed E-state index contributed by atoms with van der Waals surface area (Å²) in [5.74, 6) is 0.197. The molecule has 2 N–H and O–H groups in total. The molecule has 1 amide bonds. The van der Waals surface area contributed by atoms with Crippen LogP contribution < -0.4 is 10.6 Å². The second-order valence-electron chi connectivity index (χ2n) is 12.3. The van der Waals surface area contributed by atoms with E-state index in [2.05, 4.69) is 84.9 Å². The number of hydrogen-bond donors (Lipinski definition) is 2. The quantitative estimate of drug-likeness (QED) is 0.451. The monoisotopic (exact) mass is 397 g/mol. The zero-order chi connectivity index (χ0) is 22.0. The van der Waals surface area contributed by atoms with E-state index >= 15 is 0 Å². The van der Waals surface area contributed by atoms with Crippen LogP contribution in [0.5, 0.6) is 0 Å². The summed E-state index contributed by atoms with van der Waals surface area (Å²) in [6.07, 6.45) is 5.21. The summed E-state index contributed by atoms with van der Waals surface area (Å²) in [5.41, 5.74) is 0.901. The largest absolute Gasteiger partial charge is 0.351 e. The molecule has 4 heteroatoms. The molecule has 0 aliphatic rings. The lowest BCUT2D eigenvalue weighted by Crippen LogP contribution is -2.50. The van der Waals surface area contributed by atoms with E-state index in [1.165, 1.54) is 12.8 Å². The van der Waals surface area contributed by atoms with Gasteiger partial charge in [-0.3, -0.25) is 4.79 Å². The van der Waals surface area contributed by atoms with Crippen LogP contribution in [0.3, 0.4) is 0 Å². The van der Waals surface area contributed by atoms with Crippen LogP contribution in [0.1, 0.15) is 94.4 Å². The average molecular weight is 398 g/mol. The van der Waals surface area contributed by atoms with Gasteiger partial charge in [0.15, 0.2) is 0 Å². The van der Waals surface area contributed by atoms with Gasteiger partial charge in [-0.1, -0.05) is 75.2 Å². The molecule has 0 radical (unpaired) electrons. The molecular weight excluding hydrogens is 346 g/mol. The zero-order valence-corrected chi connectivity index (χ0v) is 20.8. The lowest BCUT2D eigenvalue weighted by atomic mass is 9.89. The van der Waals surface area contributed by atoms with Crippen molar-refractivity contribution < 1.29 is 4.79 Å². The fraction of sp³-hybridized carbons (Fsp3) is 0.958. The third-order valence-electron chi connectivity index (χ3n) is 4.52. The molecule has 0 aromatic carbocycles. The van der Waals surface area contributed by atoms with E-state index in [4.69, 9.17) is 0 Å². The Kier molecular flexibility index (Phi) is 11.9. The topological polar surface area (TPSA) is 44.4 Å².